The van der Waals surface area contributed by atoms with Crippen LogP contribution in [-0.2, 0) is 25.6 Å². The molecule has 202 valence electrons. The minimum Gasteiger partial charge on any atom is -0.480 e. The van der Waals surface area contributed by atoms with Gasteiger partial charge in [-0.05, 0) is 43.9 Å². The van der Waals surface area contributed by atoms with E-state index in [4.69, 9.17) is 11.5 Å². The lowest BCUT2D eigenvalue weighted by atomic mass is 10.0. The van der Waals surface area contributed by atoms with Gasteiger partial charge in [0.2, 0.25) is 17.7 Å². The topological polar surface area (TPSA) is 184 Å². The predicted molar refractivity (Wildman–Crippen MR) is 143 cm³/mol. The summed E-state index contributed by atoms with van der Waals surface area (Å²) >= 11 is 4.22. The summed E-state index contributed by atoms with van der Waals surface area (Å²) in [6, 6.07) is 3.77. The third-order valence-electron chi connectivity index (χ3n) is 6.66. The molecule has 1 aromatic heterocycles. The zero-order valence-electron chi connectivity index (χ0n) is 20.7. The molecule has 1 aliphatic rings. The van der Waals surface area contributed by atoms with E-state index in [2.05, 4.69) is 28.2 Å². The third-order valence-corrected chi connectivity index (χ3v) is 7.02. The molecule has 0 radical (unpaired) electrons. The Morgan fingerprint density at radius 3 is 2.62 bits per heavy atom. The van der Waals surface area contributed by atoms with E-state index in [9.17, 15) is 24.3 Å². The Bertz CT molecular complexity index is 1110. The number of fused-ring (bicyclic) bond motifs is 1. The van der Waals surface area contributed by atoms with Crippen molar-refractivity contribution in [2.45, 2.75) is 62.7 Å². The molecular formula is C25H36N6O5S. The van der Waals surface area contributed by atoms with Crippen LogP contribution in [0.2, 0.25) is 0 Å². The number of hydrogen-bond donors (Lipinski definition) is 7. The van der Waals surface area contributed by atoms with Crippen LogP contribution in [0.3, 0.4) is 0 Å². The monoisotopic (exact) mass is 532 g/mol. The van der Waals surface area contributed by atoms with Crippen molar-refractivity contribution in [2.24, 2.45) is 11.5 Å². The number of nitrogens with zero attached hydrogens (tertiary/aromatic N) is 1. The molecule has 1 fully saturated rings. The van der Waals surface area contributed by atoms with Crippen LogP contribution >= 0.6 is 12.6 Å². The van der Waals surface area contributed by atoms with Crippen molar-refractivity contribution in [2.75, 3.05) is 18.8 Å². The number of hydrogen-bond acceptors (Lipinski definition) is 7. The Morgan fingerprint density at radius 1 is 1.16 bits per heavy atom. The van der Waals surface area contributed by atoms with Crippen molar-refractivity contribution < 1.29 is 24.3 Å². The first-order chi connectivity index (χ1) is 17.8. The fourth-order valence-corrected chi connectivity index (χ4v) is 4.84. The second kappa shape index (κ2) is 13.5. The Balaban J connectivity index is 1.64. The first-order valence-electron chi connectivity index (χ1n) is 12.5. The van der Waals surface area contributed by atoms with E-state index in [0.29, 0.717) is 38.8 Å². The highest BCUT2D eigenvalue weighted by Gasteiger charge is 2.38. The number of aliphatic carboxylic acids is 1. The second-order valence-electron chi connectivity index (χ2n) is 9.29. The number of unbranched alkanes of at least 4 members (excludes halogenated alkanes) is 1. The van der Waals surface area contributed by atoms with Gasteiger partial charge in [0.1, 0.15) is 18.1 Å². The second-order valence-corrected chi connectivity index (χ2v) is 9.65. The predicted octanol–water partition coefficient (Wildman–Crippen LogP) is 0.142. The molecule has 12 heteroatoms. The summed E-state index contributed by atoms with van der Waals surface area (Å²) in [4.78, 5) is 55.3. The van der Waals surface area contributed by atoms with Crippen molar-refractivity contribution in [3.63, 3.8) is 0 Å². The van der Waals surface area contributed by atoms with Gasteiger partial charge in [0.15, 0.2) is 0 Å². The van der Waals surface area contributed by atoms with Gasteiger partial charge >= 0.3 is 5.97 Å². The summed E-state index contributed by atoms with van der Waals surface area (Å²) < 4.78 is 0. The number of nitrogens with one attached hydrogen (secondary N) is 3. The summed E-state index contributed by atoms with van der Waals surface area (Å²) in [6.45, 7) is 0.828. The number of carboxylic acid groups (broad SMARTS) is 1. The number of thiol groups is 1. The van der Waals surface area contributed by atoms with Crippen LogP contribution in [0.4, 0.5) is 0 Å². The first kappa shape index (κ1) is 28.5. The molecule has 2 aromatic rings. The third kappa shape index (κ3) is 7.24. The van der Waals surface area contributed by atoms with Gasteiger partial charge in [-0.1, -0.05) is 24.6 Å². The van der Waals surface area contributed by atoms with Gasteiger partial charge < -0.3 is 37.1 Å². The molecule has 0 saturated carbocycles. The molecule has 3 rings (SSSR count). The van der Waals surface area contributed by atoms with Crippen molar-refractivity contribution in [3.05, 3.63) is 36.0 Å². The fourth-order valence-electron chi connectivity index (χ4n) is 4.60. The van der Waals surface area contributed by atoms with Crippen molar-refractivity contribution in [1.29, 1.82) is 0 Å². The molecule has 1 saturated heterocycles. The van der Waals surface area contributed by atoms with E-state index >= 15 is 0 Å². The summed E-state index contributed by atoms with van der Waals surface area (Å²) in [6.07, 6.45) is 4.68. The molecule has 1 aliphatic heterocycles. The summed E-state index contributed by atoms with van der Waals surface area (Å²) in [5.74, 6) is -2.59. The van der Waals surface area contributed by atoms with Crippen LogP contribution in [0.25, 0.3) is 10.9 Å². The number of carbonyl (C=O) groups is 4. The van der Waals surface area contributed by atoms with E-state index in [1.165, 1.54) is 4.90 Å². The average molecular weight is 533 g/mol. The van der Waals surface area contributed by atoms with Crippen LogP contribution in [-0.4, -0.2) is 81.7 Å². The summed E-state index contributed by atoms with van der Waals surface area (Å²) in [5.41, 5.74) is 13.1. The first-order valence-corrected chi connectivity index (χ1v) is 13.2. The maximum Gasteiger partial charge on any atom is 0.326 e. The van der Waals surface area contributed by atoms with Crippen LogP contribution in [0.5, 0.6) is 0 Å². The summed E-state index contributed by atoms with van der Waals surface area (Å²) in [5, 5.41) is 15.9. The van der Waals surface area contributed by atoms with E-state index < -0.39 is 47.9 Å². The van der Waals surface area contributed by atoms with Gasteiger partial charge in [-0.15, -0.1) is 0 Å². The van der Waals surface area contributed by atoms with Gasteiger partial charge in [0, 0.05) is 35.8 Å². The zero-order valence-corrected chi connectivity index (χ0v) is 21.6. The highest BCUT2D eigenvalue weighted by Crippen LogP contribution is 2.21. The number of para-hydroxylation sites is 1. The van der Waals surface area contributed by atoms with Crippen LogP contribution in [0, 0.1) is 0 Å². The largest absolute Gasteiger partial charge is 0.480 e. The number of aromatic amines is 1. The molecule has 37 heavy (non-hydrogen) atoms. The molecule has 0 aliphatic carbocycles. The number of amides is 3. The molecule has 2 heterocycles. The number of carboxylic acids is 1. The van der Waals surface area contributed by atoms with E-state index in [-0.39, 0.29) is 12.2 Å². The fraction of sp³-hybridized carbons (Fsp3) is 0.520. The molecule has 1 aromatic carbocycles. The van der Waals surface area contributed by atoms with E-state index in [1.54, 1.807) is 6.20 Å². The number of carbonyl (C=O) groups excluding carboxylic acids is 3. The number of rotatable bonds is 13. The highest BCUT2D eigenvalue weighted by molar-refractivity contribution is 7.80. The summed E-state index contributed by atoms with van der Waals surface area (Å²) in [7, 11) is 0. The smallest absolute Gasteiger partial charge is 0.326 e. The molecule has 0 bridgehead atoms. The van der Waals surface area contributed by atoms with Gasteiger partial charge in [-0.2, -0.15) is 12.6 Å². The van der Waals surface area contributed by atoms with Crippen molar-refractivity contribution >= 4 is 47.2 Å². The number of likely N-dealkylation sites (tertiary alicyclic amines) is 1. The van der Waals surface area contributed by atoms with E-state index in [1.807, 2.05) is 24.3 Å². The SMILES string of the molecule is NCCCCC(N)C(=O)NC(CS)C(=O)N1CCCC1C(=O)NC(Cc1c[nH]c2ccccc12)C(=O)O. The number of benzene rings is 1. The van der Waals surface area contributed by atoms with Crippen LogP contribution < -0.4 is 22.1 Å². The van der Waals surface area contributed by atoms with Gasteiger partial charge in [-0.25, -0.2) is 4.79 Å². The minimum absolute atomic E-state index is 0.0310. The average Bonchev–Trinajstić information content (AvgIpc) is 3.54. The lowest BCUT2D eigenvalue weighted by Crippen LogP contribution is -2.57. The van der Waals surface area contributed by atoms with E-state index in [0.717, 1.165) is 22.9 Å². The number of nitrogens with two attached hydrogens (primary N) is 2. The van der Waals surface area contributed by atoms with Crippen molar-refractivity contribution in [1.82, 2.24) is 20.5 Å². The zero-order chi connectivity index (χ0) is 26.9. The molecule has 0 spiro atoms. The highest BCUT2D eigenvalue weighted by atomic mass is 32.1. The molecular weight excluding hydrogens is 496 g/mol. The van der Waals surface area contributed by atoms with Gasteiger partial charge in [-0.3, -0.25) is 14.4 Å². The molecule has 8 N–H and O–H groups in total. The molecule has 4 unspecified atom stereocenters. The minimum atomic E-state index is -1.17. The molecule has 3 amide bonds. The van der Waals surface area contributed by atoms with Gasteiger partial charge in [0.05, 0.1) is 6.04 Å². The molecule has 4 atom stereocenters. The molecule has 11 nitrogen and oxygen atoms in total. The number of aromatic nitrogens is 1. The Morgan fingerprint density at radius 2 is 1.92 bits per heavy atom. The standard InChI is InChI=1S/C25H36N6O5S/c26-10-4-3-7-17(27)22(32)30-20(14-37)24(34)31-11-5-9-21(31)23(33)29-19(25(35)36)12-15-13-28-18-8-2-1-6-16(15)18/h1-2,6,8,13,17,19-21,28,37H,3-5,7,9-12,14,26-27H2,(H,29,33)(H,30,32)(H,35,36). The lowest BCUT2D eigenvalue weighted by molar-refractivity contribution is -0.144. The lowest BCUT2D eigenvalue weighted by Gasteiger charge is -2.29. The van der Waals surface area contributed by atoms with Crippen molar-refractivity contribution in [3.8, 4) is 0 Å². The normalized spacial score (nSPS) is 17.8. The Hall–Kier alpha value is -3.09. The van der Waals surface area contributed by atoms with Gasteiger partial charge in [0.25, 0.3) is 0 Å². The number of H-pyrrole nitrogens is 1. The quantitative estimate of drug-likeness (QED) is 0.141. The van der Waals surface area contributed by atoms with Crippen LogP contribution in [0.15, 0.2) is 30.5 Å². The maximum atomic E-state index is 13.2. The maximum absolute atomic E-state index is 13.2. The Labute approximate surface area is 221 Å². The Kier molecular flexibility index (Phi) is 10.4. The van der Waals surface area contributed by atoms with Crippen LogP contribution in [0.1, 0.15) is 37.7 Å².